The fourth-order valence-electron chi connectivity index (χ4n) is 2.21. The van der Waals surface area contributed by atoms with E-state index in [4.69, 9.17) is 0 Å². The van der Waals surface area contributed by atoms with Crippen molar-refractivity contribution in [3.05, 3.63) is 42.0 Å². The van der Waals surface area contributed by atoms with Gasteiger partial charge in [-0.25, -0.2) is 0 Å². The van der Waals surface area contributed by atoms with E-state index in [1.54, 1.807) is 6.08 Å². The molecule has 1 saturated heterocycles. The van der Waals surface area contributed by atoms with Crippen molar-refractivity contribution in [2.75, 3.05) is 6.54 Å². The van der Waals surface area contributed by atoms with E-state index in [2.05, 4.69) is 17.6 Å². The molecule has 3 nitrogen and oxygen atoms in total. The maximum Gasteiger partial charge on any atom is 0.244 e. The van der Waals surface area contributed by atoms with Gasteiger partial charge < -0.3 is 10.6 Å². The van der Waals surface area contributed by atoms with Crippen LogP contribution in [0.1, 0.15) is 25.3 Å². The van der Waals surface area contributed by atoms with Crippen molar-refractivity contribution in [3.8, 4) is 0 Å². The van der Waals surface area contributed by atoms with Gasteiger partial charge in [0, 0.05) is 18.2 Å². The Bertz CT molecular complexity index is 414. The number of hydrogen-bond acceptors (Lipinski definition) is 2. The van der Waals surface area contributed by atoms with Crippen molar-refractivity contribution < 1.29 is 4.79 Å². The van der Waals surface area contributed by atoms with Gasteiger partial charge >= 0.3 is 0 Å². The summed E-state index contributed by atoms with van der Waals surface area (Å²) >= 11 is 0. The summed E-state index contributed by atoms with van der Waals surface area (Å²) in [5.74, 6) is -0.0144. The molecule has 0 aromatic heterocycles. The molecule has 18 heavy (non-hydrogen) atoms. The van der Waals surface area contributed by atoms with Gasteiger partial charge in [-0.1, -0.05) is 30.3 Å². The van der Waals surface area contributed by atoms with Gasteiger partial charge in [-0.3, -0.25) is 4.79 Å². The molecule has 1 aliphatic heterocycles. The van der Waals surface area contributed by atoms with Crippen molar-refractivity contribution in [3.63, 3.8) is 0 Å². The highest BCUT2D eigenvalue weighted by Gasteiger charge is 2.21. The predicted octanol–water partition coefficient (Wildman–Crippen LogP) is 1.96. The van der Waals surface area contributed by atoms with Crippen LogP contribution in [0, 0.1) is 0 Å². The summed E-state index contributed by atoms with van der Waals surface area (Å²) in [6.07, 6.45) is 5.63. The summed E-state index contributed by atoms with van der Waals surface area (Å²) in [4.78, 5) is 11.8. The van der Waals surface area contributed by atoms with E-state index in [0.29, 0.717) is 6.04 Å². The molecule has 2 unspecified atom stereocenters. The van der Waals surface area contributed by atoms with E-state index in [-0.39, 0.29) is 11.9 Å². The summed E-state index contributed by atoms with van der Waals surface area (Å²) in [6.45, 7) is 3.17. The molecule has 1 heterocycles. The number of piperidine rings is 1. The molecule has 0 saturated carbocycles. The van der Waals surface area contributed by atoms with Crippen LogP contribution in [0.3, 0.4) is 0 Å². The maximum atomic E-state index is 11.8. The molecule has 0 radical (unpaired) electrons. The topological polar surface area (TPSA) is 41.1 Å². The van der Waals surface area contributed by atoms with Crippen LogP contribution in [0.15, 0.2) is 36.4 Å². The monoisotopic (exact) mass is 244 g/mol. The molecule has 0 bridgehead atoms. The Morgan fingerprint density at radius 3 is 2.89 bits per heavy atom. The van der Waals surface area contributed by atoms with Crippen LogP contribution in [-0.4, -0.2) is 24.5 Å². The first-order chi connectivity index (χ1) is 8.75. The number of carbonyl (C=O) groups is 1. The fraction of sp³-hybridized carbons (Fsp3) is 0.400. The predicted molar refractivity (Wildman–Crippen MR) is 74.1 cm³/mol. The number of hydrogen-bond donors (Lipinski definition) is 2. The minimum atomic E-state index is -0.0144. The molecule has 0 spiro atoms. The summed E-state index contributed by atoms with van der Waals surface area (Å²) in [5, 5.41) is 6.42. The fourth-order valence-corrected chi connectivity index (χ4v) is 2.21. The second-order valence-electron chi connectivity index (χ2n) is 4.74. The van der Waals surface area contributed by atoms with Crippen LogP contribution in [0.4, 0.5) is 0 Å². The third kappa shape index (κ3) is 3.70. The van der Waals surface area contributed by atoms with E-state index in [1.165, 1.54) is 0 Å². The van der Waals surface area contributed by atoms with Crippen molar-refractivity contribution in [1.29, 1.82) is 0 Å². The number of benzene rings is 1. The van der Waals surface area contributed by atoms with Crippen molar-refractivity contribution in [2.45, 2.75) is 31.8 Å². The van der Waals surface area contributed by atoms with Gasteiger partial charge in [0.1, 0.15) is 0 Å². The molecule has 1 aromatic rings. The summed E-state index contributed by atoms with van der Waals surface area (Å²) < 4.78 is 0. The smallest absolute Gasteiger partial charge is 0.244 e. The molecule has 1 fully saturated rings. The van der Waals surface area contributed by atoms with Gasteiger partial charge in [0.15, 0.2) is 0 Å². The van der Waals surface area contributed by atoms with E-state index in [9.17, 15) is 4.79 Å². The zero-order valence-corrected chi connectivity index (χ0v) is 10.7. The number of amides is 1. The number of rotatable bonds is 3. The second-order valence-corrected chi connectivity index (χ2v) is 4.74. The molecule has 2 N–H and O–H groups in total. The molecular weight excluding hydrogens is 224 g/mol. The minimum absolute atomic E-state index is 0.0144. The highest BCUT2D eigenvalue weighted by Crippen LogP contribution is 2.08. The average molecular weight is 244 g/mol. The van der Waals surface area contributed by atoms with Gasteiger partial charge in [-0.15, -0.1) is 0 Å². The first kappa shape index (κ1) is 12.8. The molecule has 2 rings (SSSR count). The van der Waals surface area contributed by atoms with Crippen LogP contribution in [0.25, 0.3) is 6.08 Å². The molecule has 1 amide bonds. The van der Waals surface area contributed by atoms with E-state index in [0.717, 1.165) is 24.9 Å². The van der Waals surface area contributed by atoms with Gasteiger partial charge in [0.05, 0.1) is 0 Å². The first-order valence-electron chi connectivity index (χ1n) is 6.53. The van der Waals surface area contributed by atoms with Gasteiger partial charge in [0.25, 0.3) is 0 Å². The molecule has 96 valence electrons. The van der Waals surface area contributed by atoms with Crippen LogP contribution in [0.2, 0.25) is 0 Å². The normalized spacial score (nSPS) is 24.1. The van der Waals surface area contributed by atoms with Crippen LogP contribution < -0.4 is 10.6 Å². The van der Waals surface area contributed by atoms with Crippen LogP contribution in [0.5, 0.6) is 0 Å². The third-order valence-electron chi connectivity index (χ3n) is 3.32. The largest absolute Gasteiger partial charge is 0.348 e. The lowest BCUT2D eigenvalue weighted by atomic mass is 10.00. The Morgan fingerprint density at radius 2 is 2.17 bits per heavy atom. The Balaban J connectivity index is 1.86. The second kappa shape index (κ2) is 6.36. The highest BCUT2D eigenvalue weighted by atomic mass is 16.1. The molecule has 2 atom stereocenters. The average Bonchev–Trinajstić information content (AvgIpc) is 2.40. The van der Waals surface area contributed by atoms with Gasteiger partial charge in [0.2, 0.25) is 5.91 Å². The molecule has 1 aliphatic rings. The van der Waals surface area contributed by atoms with Gasteiger partial charge in [-0.05, 0) is 37.9 Å². The first-order valence-corrected chi connectivity index (χ1v) is 6.53. The molecule has 1 aromatic carbocycles. The Kier molecular flexibility index (Phi) is 4.53. The summed E-state index contributed by atoms with van der Waals surface area (Å²) in [5.41, 5.74) is 1.04. The van der Waals surface area contributed by atoms with Crippen molar-refractivity contribution in [2.24, 2.45) is 0 Å². The molecule has 3 heteroatoms. The zero-order valence-electron chi connectivity index (χ0n) is 10.7. The summed E-state index contributed by atoms with van der Waals surface area (Å²) in [7, 11) is 0. The third-order valence-corrected chi connectivity index (χ3v) is 3.32. The van der Waals surface area contributed by atoms with E-state index in [1.807, 2.05) is 36.4 Å². The quantitative estimate of drug-likeness (QED) is 0.798. The SMILES string of the molecule is CC1NCCCC1NC(=O)/C=C/c1ccccc1. The zero-order chi connectivity index (χ0) is 12.8. The van der Waals surface area contributed by atoms with E-state index >= 15 is 0 Å². The summed E-state index contributed by atoms with van der Waals surface area (Å²) in [6, 6.07) is 10.4. The van der Waals surface area contributed by atoms with Crippen LogP contribution in [-0.2, 0) is 4.79 Å². The van der Waals surface area contributed by atoms with Crippen molar-refractivity contribution >= 4 is 12.0 Å². The lowest BCUT2D eigenvalue weighted by Gasteiger charge is -2.30. The van der Waals surface area contributed by atoms with Crippen LogP contribution >= 0.6 is 0 Å². The Hall–Kier alpha value is -1.61. The van der Waals surface area contributed by atoms with E-state index < -0.39 is 0 Å². The number of carbonyl (C=O) groups excluding carboxylic acids is 1. The highest BCUT2D eigenvalue weighted by molar-refractivity contribution is 5.91. The molecular formula is C15H20N2O. The minimum Gasteiger partial charge on any atom is -0.348 e. The lowest BCUT2D eigenvalue weighted by molar-refractivity contribution is -0.117. The van der Waals surface area contributed by atoms with Gasteiger partial charge in [-0.2, -0.15) is 0 Å². The van der Waals surface area contributed by atoms with Crippen molar-refractivity contribution in [1.82, 2.24) is 10.6 Å². The maximum absolute atomic E-state index is 11.8. The standard InChI is InChI=1S/C15H20N2O/c1-12-14(8-5-11-16-12)17-15(18)10-9-13-6-3-2-4-7-13/h2-4,6-7,9-10,12,14,16H,5,8,11H2,1H3,(H,17,18)/b10-9+. The lowest BCUT2D eigenvalue weighted by Crippen LogP contribution is -2.51. The molecule has 0 aliphatic carbocycles. The Labute approximate surface area is 108 Å². The Morgan fingerprint density at radius 1 is 1.39 bits per heavy atom. The number of nitrogens with one attached hydrogen (secondary N) is 2.